The molecule has 2 N–H and O–H groups in total. The van der Waals surface area contributed by atoms with Crippen molar-refractivity contribution in [3.63, 3.8) is 0 Å². The highest BCUT2D eigenvalue weighted by Crippen LogP contribution is 2.39. The summed E-state index contributed by atoms with van der Waals surface area (Å²) in [6.07, 6.45) is -0.323. The minimum atomic E-state index is -1.07. The van der Waals surface area contributed by atoms with Crippen molar-refractivity contribution in [1.82, 2.24) is 0 Å². The van der Waals surface area contributed by atoms with Crippen molar-refractivity contribution >= 4 is 28.9 Å². The lowest BCUT2D eigenvalue weighted by Gasteiger charge is -2.20. The maximum Gasteiger partial charge on any atom is 0.307 e. The average molecular weight is 445 g/mol. The Labute approximate surface area is 182 Å². The van der Waals surface area contributed by atoms with Crippen LogP contribution in [0.4, 0.5) is 15.8 Å². The van der Waals surface area contributed by atoms with Crippen molar-refractivity contribution in [2.45, 2.75) is 20.0 Å². The SMILES string of the molecule is Cc1cc(CC(=O)O)c(Nc2c(F)cccc2Cl)c(-c2ccccc2CO[N+](=O)[O-])c1. The molecule has 0 aliphatic rings. The van der Waals surface area contributed by atoms with Crippen LogP contribution in [0.3, 0.4) is 0 Å². The van der Waals surface area contributed by atoms with Gasteiger partial charge in [-0.15, -0.1) is 10.1 Å². The van der Waals surface area contributed by atoms with Crippen LogP contribution < -0.4 is 5.32 Å². The number of benzene rings is 3. The largest absolute Gasteiger partial charge is 0.481 e. The van der Waals surface area contributed by atoms with E-state index in [9.17, 15) is 24.4 Å². The number of aliphatic carboxylic acids is 1. The molecule has 0 saturated heterocycles. The van der Waals surface area contributed by atoms with E-state index >= 15 is 0 Å². The molecule has 0 amide bonds. The van der Waals surface area contributed by atoms with Gasteiger partial charge in [0.15, 0.2) is 0 Å². The van der Waals surface area contributed by atoms with Crippen molar-refractivity contribution in [3.05, 3.63) is 92.2 Å². The second-order valence-corrected chi connectivity index (χ2v) is 7.20. The second-order valence-electron chi connectivity index (χ2n) is 6.79. The molecule has 160 valence electrons. The number of anilines is 2. The normalized spacial score (nSPS) is 10.5. The molecule has 0 bridgehead atoms. The summed E-state index contributed by atoms with van der Waals surface area (Å²) in [6.45, 7) is 1.50. The van der Waals surface area contributed by atoms with Crippen molar-refractivity contribution in [3.8, 4) is 11.1 Å². The molecule has 0 aliphatic carbocycles. The first-order valence-electron chi connectivity index (χ1n) is 9.18. The van der Waals surface area contributed by atoms with Gasteiger partial charge >= 0.3 is 5.97 Å². The Bertz CT molecular complexity index is 1130. The van der Waals surface area contributed by atoms with Gasteiger partial charge in [-0.1, -0.05) is 53.6 Å². The number of hydrogen-bond donors (Lipinski definition) is 2. The molecule has 0 aliphatic heterocycles. The highest BCUT2D eigenvalue weighted by molar-refractivity contribution is 6.33. The first-order chi connectivity index (χ1) is 14.8. The third kappa shape index (κ3) is 5.29. The zero-order valence-electron chi connectivity index (χ0n) is 16.4. The first kappa shape index (κ1) is 22.0. The molecule has 0 unspecified atom stereocenters. The Hall–Kier alpha value is -3.65. The summed E-state index contributed by atoms with van der Waals surface area (Å²) in [4.78, 5) is 26.7. The van der Waals surface area contributed by atoms with Crippen LogP contribution in [0, 0.1) is 22.9 Å². The van der Waals surface area contributed by atoms with Gasteiger partial charge in [0, 0.05) is 5.56 Å². The van der Waals surface area contributed by atoms with Crippen LogP contribution >= 0.6 is 11.6 Å². The number of carboxylic acids is 1. The van der Waals surface area contributed by atoms with Gasteiger partial charge in [-0.05, 0) is 41.8 Å². The Balaban J connectivity index is 2.22. The van der Waals surface area contributed by atoms with Gasteiger partial charge in [-0.25, -0.2) is 4.39 Å². The molecular formula is C22H18ClFN2O5. The number of nitrogens with one attached hydrogen (secondary N) is 1. The van der Waals surface area contributed by atoms with Gasteiger partial charge in [-0.3, -0.25) is 4.79 Å². The van der Waals surface area contributed by atoms with E-state index in [1.165, 1.54) is 18.2 Å². The Kier molecular flexibility index (Phi) is 6.71. The molecule has 9 heteroatoms. The van der Waals surface area contributed by atoms with Gasteiger partial charge < -0.3 is 15.3 Å². The molecule has 0 radical (unpaired) electrons. The predicted molar refractivity (Wildman–Crippen MR) is 114 cm³/mol. The van der Waals surface area contributed by atoms with Gasteiger partial charge in [-0.2, -0.15) is 0 Å². The van der Waals surface area contributed by atoms with Gasteiger partial charge in [0.25, 0.3) is 5.09 Å². The fourth-order valence-electron chi connectivity index (χ4n) is 3.30. The number of halogens is 2. The lowest BCUT2D eigenvalue weighted by molar-refractivity contribution is -0.763. The highest BCUT2D eigenvalue weighted by Gasteiger charge is 2.19. The average Bonchev–Trinajstić information content (AvgIpc) is 2.70. The predicted octanol–water partition coefficient (Wildman–Crippen LogP) is 5.53. The van der Waals surface area contributed by atoms with Gasteiger partial charge in [0.05, 0.1) is 22.8 Å². The van der Waals surface area contributed by atoms with E-state index < -0.39 is 16.9 Å². The smallest absolute Gasteiger partial charge is 0.307 e. The number of hydrogen-bond acceptors (Lipinski definition) is 5. The Morgan fingerprint density at radius 1 is 1.13 bits per heavy atom. The molecule has 0 heterocycles. The summed E-state index contributed by atoms with van der Waals surface area (Å²) in [7, 11) is 0. The van der Waals surface area contributed by atoms with Crippen LogP contribution in [-0.4, -0.2) is 16.2 Å². The number of aryl methyl sites for hydroxylation is 1. The summed E-state index contributed by atoms with van der Waals surface area (Å²) in [6, 6.07) is 14.5. The van der Waals surface area contributed by atoms with Crippen LogP contribution in [-0.2, 0) is 22.7 Å². The van der Waals surface area contributed by atoms with E-state index in [0.717, 1.165) is 5.56 Å². The molecule has 31 heavy (non-hydrogen) atoms. The molecule has 0 spiro atoms. The van der Waals surface area contributed by atoms with E-state index in [2.05, 4.69) is 10.2 Å². The molecule has 3 aromatic carbocycles. The van der Waals surface area contributed by atoms with E-state index in [1.807, 2.05) is 0 Å². The molecule has 0 atom stereocenters. The summed E-state index contributed by atoms with van der Waals surface area (Å²) >= 11 is 6.17. The highest BCUT2D eigenvalue weighted by atomic mass is 35.5. The third-order valence-electron chi connectivity index (χ3n) is 4.55. The lowest BCUT2D eigenvalue weighted by atomic mass is 9.93. The molecule has 7 nitrogen and oxygen atoms in total. The number of para-hydroxylation sites is 1. The summed E-state index contributed by atoms with van der Waals surface area (Å²) in [5.41, 5.74) is 3.14. The van der Waals surface area contributed by atoms with E-state index in [0.29, 0.717) is 27.9 Å². The third-order valence-corrected chi connectivity index (χ3v) is 4.87. The van der Waals surface area contributed by atoms with Crippen LogP contribution in [0.1, 0.15) is 16.7 Å². The quantitative estimate of drug-likeness (QED) is 0.349. The van der Waals surface area contributed by atoms with Crippen LogP contribution in [0.5, 0.6) is 0 Å². The Morgan fingerprint density at radius 2 is 1.87 bits per heavy atom. The maximum atomic E-state index is 14.5. The van der Waals surface area contributed by atoms with Crippen molar-refractivity contribution in [2.75, 3.05) is 5.32 Å². The molecule has 0 fully saturated rings. The summed E-state index contributed by atoms with van der Waals surface area (Å²) in [5.74, 6) is -1.67. The standard InChI is InChI=1S/C22H18ClFN2O5/c1-13-9-15(11-20(27)28)21(25-22-18(23)7-4-8-19(22)24)17(10-13)16-6-3-2-5-14(16)12-31-26(29)30/h2-10,25H,11-12H2,1H3,(H,27,28). The van der Waals surface area contributed by atoms with Crippen LogP contribution in [0.15, 0.2) is 54.6 Å². The maximum absolute atomic E-state index is 14.5. The van der Waals surface area contributed by atoms with E-state index in [1.54, 1.807) is 43.3 Å². The van der Waals surface area contributed by atoms with Gasteiger partial charge in [0.2, 0.25) is 0 Å². The first-order valence-corrected chi connectivity index (χ1v) is 9.56. The molecular weight excluding hydrogens is 427 g/mol. The van der Waals surface area contributed by atoms with Gasteiger partial charge in [0.1, 0.15) is 12.4 Å². The number of nitrogens with zero attached hydrogens (tertiary/aromatic N) is 1. The van der Waals surface area contributed by atoms with E-state index in [4.69, 9.17) is 11.6 Å². The lowest BCUT2D eigenvalue weighted by Crippen LogP contribution is -2.08. The Morgan fingerprint density at radius 3 is 2.55 bits per heavy atom. The number of carbonyl (C=O) groups is 1. The van der Waals surface area contributed by atoms with Crippen molar-refractivity contribution < 1.29 is 24.2 Å². The second kappa shape index (κ2) is 9.44. The number of carboxylic acid groups (broad SMARTS) is 1. The van der Waals surface area contributed by atoms with Crippen LogP contribution in [0.25, 0.3) is 11.1 Å². The van der Waals surface area contributed by atoms with Crippen molar-refractivity contribution in [1.29, 1.82) is 0 Å². The fraction of sp³-hybridized carbons (Fsp3) is 0.136. The van der Waals surface area contributed by atoms with Crippen LogP contribution in [0.2, 0.25) is 5.02 Å². The monoisotopic (exact) mass is 444 g/mol. The minimum absolute atomic E-state index is 0.0000637. The topological polar surface area (TPSA) is 102 Å². The summed E-state index contributed by atoms with van der Waals surface area (Å²) < 4.78 is 14.5. The number of rotatable bonds is 8. The minimum Gasteiger partial charge on any atom is -0.481 e. The summed E-state index contributed by atoms with van der Waals surface area (Å²) in [5, 5.41) is 22.3. The fourth-order valence-corrected chi connectivity index (χ4v) is 3.51. The van der Waals surface area contributed by atoms with E-state index in [-0.39, 0.29) is 23.7 Å². The molecule has 0 saturated carbocycles. The molecule has 3 aromatic rings. The van der Waals surface area contributed by atoms with Crippen molar-refractivity contribution in [2.24, 2.45) is 0 Å². The zero-order valence-corrected chi connectivity index (χ0v) is 17.1. The molecule has 0 aromatic heterocycles. The zero-order chi connectivity index (χ0) is 22.5. The molecule has 3 rings (SSSR count).